The van der Waals surface area contributed by atoms with Gasteiger partial charge in [0.25, 0.3) is 5.56 Å². The van der Waals surface area contributed by atoms with E-state index in [2.05, 4.69) is 5.32 Å². The van der Waals surface area contributed by atoms with Crippen molar-refractivity contribution in [3.8, 4) is 17.1 Å². The predicted octanol–water partition coefficient (Wildman–Crippen LogP) is 3.18. The minimum absolute atomic E-state index is 0.112. The summed E-state index contributed by atoms with van der Waals surface area (Å²) < 4.78 is 13.1. The highest BCUT2D eigenvalue weighted by Crippen LogP contribution is 2.42. The number of likely N-dealkylation sites (N-methyl/N-ethyl adjacent to an activating group) is 1. The first-order valence-corrected chi connectivity index (χ1v) is 13.5. The van der Waals surface area contributed by atoms with E-state index >= 15 is 0 Å². The number of hydrogen-bond acceptors (Lipinski definition) is 8. The third-order valence-electron chi connectivity index (χ3n) is 8.34. The molecule has 1 amide bonds. The van der Waals surface area contributed by atoms with Crippen LogP contribution >= 0.6 is 0 Å². The number of carbonyl (C=O) groups is 2. The van der Waals surface area contributed by atoms with Crippen LogP contribution in [0.3, 0.4) is 0 Å². The van der Waals surface area contributed by atoms with E-state index in [9.17, 15) is 19.5 Å². The molecule has 0 saturated carbocycles. The fraction of sp³-hybridized carbons (Fsp3) is 0.448. The number of hydrogen-bond donors (Lipinski definition) is 2. The second kappa shape index (κ2) is 9.37. The van der Waals surface area contributed by atoms with E-state index in [-0.39, 0.29) is 30.4 Å². The summed E-state index contributed by atoms with van der Waals surface area (Å²) in [5, 5.41) is 14.3. The number of cyclic esters (lactones) is 1. The maximum Gasteiger partial charge on any atom is 0.411 e. The Morgan fingerprint density at radius 3 is 2.82 bits per heavy atom. The molecule has 1 fully saturated rings. The zero-order valence-corrected chi connectivity index (χ0v) is 22.4. The monoisotopic (exact) mass is 532 g/mol. The number of phenols is 1. The number of aromatic nitrogens is 2. The Morgan fingerprint density at radius 2 is 2.10 bits per heavy atom. The minimum Gasteiger partial charge on any atom is -0.508 e. The smallest absolute Gasteiger partial charge is 0.411 e. The van der Waals surface area contributed by atoms with Crippen molar-refractivity contribution in [3.05, 3.63) is 56.9 Å². The Morgan fingerprint density at radius 1 is 1.28 bits per heavy atom. The summed E-state index contributed by atoms with van der Waals surface area (Å²) in [6, 6.07) is 6.99. The molecule has 0 radical (unpaired) electrons. The first kappa shape index (κ1) is 25.4. The van der Waals surface area contributed by atoms with E-state index in [1.54, 1.807) is 42.8 Å². The Hall–Kier alpha value is -3.92. The normalized spacial score (nSPS) is 21.3. The number of rotatable bonds is 5. The number of amides is 1. The zero-order valence-electron chi connectivity index (χ0n) is 22.4. The molecule has 39 heavy (non-hydrogen) atoms. The molecule has 6 rings (SSSR count). The SMILES string of the molecule is CCc1c2c(nc3ccc(O)cc13)-c1cc3c(c(=O)n1C2)COC(=O)[C@@]3(CC)OC(=O)N(C)C[C@@H]1CCCN1. The van der Waals surface area contributed by atoms with E-state index < -0.39 is 17.7 Å². The number of benzene rings is 1. The van der Waals surface area contributed by atoms with Gasteiger partial charge in [0.15, 0.2) is 0 Å². The average Bonchev–Trinajstić information content (AvgIpc) is 3.57. The Balaban J connectivity index is 1.46. The fourth-order valence-corrected chi connectivity index (χ4v) is 6.26. The van der Waals surface area contributed by atoms with Gasteiger partial charge in [-0.05, 0) is 62.1 Å². The van der Waals surface area contributed by atoms with Crippen molar-refractivity contribution >= 4 is 23.0 Å². The number of ether oxygens (including phenoxy) is 2. The van der Waals surface area contributed by atoms with Gasteiger partial charge in [-0.1, -0.05) is 13.8 Å². The molecule has 2 aromatic heterocycles. The van der Waals surface area contributed by atoms with Crippen molar-refractivity contribution in [2.24, 2.45) is 0 Å². The molecule has 3 aliphatic heterocycles. The van der Waals surface area contributed by atoms with Crippen LogP contribution in [0.25, 0.3) is 22.3 Å². The fourth-order valence-electron chi connectivity index (χ4n) is 6.26. The van der Waals surface area contributed by atoms with Crippen LogP contribution in [0.4, 0.5) is 4.79 Å². The van der Waals surface area contributed by atoms with Crippen LogP contribution in [0, 0.1) is 0 Å². The number of esters is 1. The molecule has 10 heteroatoms. The van der Waals surface area contributed by atoms with Crippen molar-refractivity contribution in [1.29, 1.82) is 0 Å². The Labute approximate surface area is 225 Å². The standard InChI is InChI=1S/C29H32N4O6/c1-4-18-19-11-17(34)8-9-23(19)31-25-20(18)14-33-24(25)12-22-21(26(33)35)15-38-27(36)29(22,5-2)39-28(37)32(3)13-16-7-6-10-30-16/h8-9,11-12,16,30,34H,4-7,10,13-15H2,1-3H3/t16-,29-/m0/s1. The minimum atomic E-state index is -1.74. The zero-order chi connectivity index (χ0) is 27.5. The number of pyridine rings is 2. The summed E-state index contributed by atoms with van der Waals surface area (Å²) in [5.41, 5.74) is 2.49. The van der Waals surface area contributed by atoms with Crippen molar-refractivity contribution in [3.63, 3.8) is 0 Å². The highest BCUT2D eigenvalue weighted by atomic mass is 16.6. The van der Waals surface area contributed by atoms with Crippen molar-refractivity contribution < 1.29 is 24.2 Å². The third-order valence-corrected chi connectivity index (χ3v) is 8.34. The van der Waals surface area contributed by atoms with Crippen LogP contribution in [-0.2, 0) is 39.4 Å². The summed E-state index contributed by atoms with van der Waals surface area (Å²) in [6.07, 6.45) is 2.17. The first-order valence-electron chi connectivity index (χ1n) is 13.5. The van der Waals surface area contributed by atoms with E-state index in [4.69, 9.17) is 14.5 Å². The molecule has 204 valence electrons. The summed E-state index contributed by atoms with van der Waals surface area (Å²) in [7, 11) is 1.65. The first-order chi connectivity index (χ1) is 18.8. The number of fused-ring (bicyclic) bond motifs is 5. The second-order valence-corrected chi connectivity index (χ2v) is 10.6. The third kappa shape index (κ3) is 3.88. The molecule has 1 aromatic carbocycles. The molecule has 0 bridgehead atoms. The highest BCUT2D eigenvalue weighted by Gasteiger charge is 2.51. The molecular formula is C29H32N4O6. The maximum atomic E-state index is 13.8. The van der Waals surface area contributed by atoms with Gasteiger partial charge in [0, 0.05) is 36.1 Å². The van der Waals surface area contributed by atoms with E-state index in [0.717, 1.165) is 35.9 Å². The quantitative estimate of drug-likeness (QED) is 0.376. The van der Waals surface area contributed by atoms with Crippen molar-refractivity contribution in [2.45, 2.75) is 64.3 Å². The number of nitrogens with one attached hydrogen (secondary N) is 1. The van der Waals surface area contributed by atoms with E-state index in [1.807, 2.05) is 6.92 Å². The van der Waals surface area contributed by atoms with Crippen molar-refractivity contribution in [1.82, 2.24) is 19.8 Å². The number of aromatic hydroxyl groups is 1. The van der Waals surface area contributed by atoms with Crippen LogP contribution in [0.15, 0.2) is 29.1 Å². The van der Waals surface area contributed by atoms with Gasteiger partial charge in [-0.25, -0.2) is 14.6 Å². The van der Waals surface area contributed by atoms with Gasteiger partial charge < -0.3 is 29.4 Å². The summed E-state index contributed by atoms with van der Waals surface area (Å²) >= 11 is 0. The number of phenolic OH excluding ortho intramolecular Hbond substituents is 1. The highest BCUT2D eigenvalue weighted by molar-refractivity contribution is 5.90. The molecule has 5 heterocycles. The van der Waals surface area contributed by atoms with Crippen LogP contribution < -0.4 is 10.9 Å². The second-order valence-electron chi connectivity index (χ2n) is 10.6. The molecule has 2 atom stereocenters. The summed E-state index contributed by atoms with van der Waals surface area (Å²) in [6.45, 7) is 5.27. The lowest BCUT2D eigenvalue weighted by molar-refractivity contribution is -0.173. The lowest BCUT2D eigenvalue weighted by Crippen LogP contribution is -2.50. The number of nitrogens with zero attached hydrogens (tertiary/aromatic N) is 3. The molecule has 3 aromatic rings. The van der Waals surface area contributed by atoms with Gasteiger partial charge in [-0.3, -0.25) is 4.79 Å². The predicted molar refractivity (Wildman–Crippen MR) is 143 cm³/mol. The maximum absolute atomic E-state index is 13.8. The molecule has 2 N–H and O–H groups in total. The van der Waals surface area contributed by atoms with Gasteiger partial charge in [0.2, 0.25) is 5.60 Å². The molecule has 1 saturated heterocycles. The summed E-state index contributed by atoms with van der Waals surface area (Å²) in [5.74, 6) is -0.530. The average molecular weight is 533 g/mol. The topological polar surface area (TPSA) is 123 Å². The molecule has 0 aliphatic carbocycles. The van der Waals surface area contributed by atoms with Gasteiger partial charge >= 0.3 is 12.1 Å². The van der Waals surface area contributed by atoms with Crippen LogP contribution in [0.2, 0.25) is 0 Å². The molecule has 0 unspecified atom stereocenters. The number of carbonyl (C=O) groups excluding carboxylic acids is 2. The van der Waals surface area contributed by atoms with E-state index in [1.165, 1.54) is 4.90 Å². The van der Waals surface area contributed by atoms with Gasteiger partial charge in [-0.15, -0.1) is 0 Å². The van der Waals surface area contributed by atoms with Crippen molar-refractivity contribution in [2.75, 3.05) is 20.1 Å². The lowest BCUT2D eigenvalue weighted by Gasteiger charge is -2.36. The molecular weight excluding hydrogens is 500 g/mol. The van der Waals surface area contributed by atoms with Crippen LogP contribution in [0.5, 0.6) is 5.75 Å². The van der Waals surface area contributed by atoms with Crippen LogP contribution in [0.1, 0.15) is 55.4 Å². The Bertz CT molecular complexity index is 1570. The molecule has 10 nitrogen and oxygen atoms in total. The van der Waals surface area contributed by atoms with Gasteiger partial charge in [0.05, 0.1) is 29.0 Å². The lowest BCUT2D eigenvalue weighted by atomic mass is 9.85. The summed E-state index contributed by atoms with van der Waals surface area (Å²) in [4.78, 5) is 46.7. The number of aryl methyl sites for hydroxylation is 1. The molecule has 0 spiro atoms. The largest absolute Gasteiger partial charge is 0.508 e. The van der Waals surface area contributed by atoms with E-state index in [0.29, 0.717) is 47.5 Å². The van der Waals surface area contributed by atoms with Crippen LogP contribution in [-0.4, -0.2) is 57.8 Å². The van der Waals surface area contributed by atoms with Gasteiger partial charge in [0.1, 0.15) is 12.4 Å². The molecule has 3 aliphatic rings. The van der Waals surface area contributed by atoms with Gasteiger partial charge in [-0.2, -0.15) is 0 Å². The Kier molecular flexibility index (Phi) is 6.10.